The second kappa shape index (κ2) is 8.12. The van der Waals surface area contributed by atoms with Crippen molar-refractivity contribution in [1.82, 2.24) is 19.8 Å². The van der Waals surface area contributed by atoms with Crippen LogP contribution >= 0.6 is 0 Å². The number of piperidine rings is 1. The Balaban J connectivity index is 1.43. The molecular weight excluding hydrogens is 328 g/mol. The number of hydrogen-bond donors (Lipinski definition) is 0. The maximum atomic E-state index is 6.07. The first-order chi connectivity index (χ1) is 12.8. The minimum absolute atomic E-state index is 0.329. The molecule has 0 aromatic carbocycles. The van der Waals surface area contributed by atoms with Crippen LogP contribution in [0, 0.1) is 0 Å². The third kappa shape index (κ3) is 4.03. The van der Waals surface area contributed by atoms with Crippen LogP contribution in [0.4, 0.5) is 0 Å². The maximum absolute atomic E-state index is 6.07. The molecule has 0 bridgehead atoms. The van der Waals surface area contributed by atoms with Gasteiger partial charge in [0.2, 0.25) is 5.88 Å². The lowest BCUT2D eigenvalue weighted by molar-refractivity contribution is -0.107. The number of nitrogens with zero attached hydrogens (tertiary/aromatic N) is 4. The number of methoxy groups -OCH3 is 1. The van der Waals surface area contributed by atoms with E-state index in [0.717, 1.165) is 51.4 Å². The van der Waals surface area contributed by atoms with Gasteiger partial charge in [0.15, 0.2) is 0 Å². The summed E-state index contributed by atoms with van der Waals surface area (Å²) in [5.41, 5.74) is 2.32. The van der Waals surface area contributed by atoms with E-state index in [4.69, 9.17) is 9.47 Å². The number of hydrogen-bond acceptors (Lipinski definition) is 6. The van der Waals surface area contributed by atoms with Crippen molar-refractivity contribution in [3.63, 3.8) is 0 Å². The third-order valence-corrected chi connectivity index (χ3v) is 5.27. The lowest BCUT2D eigenvalue weighted by Crippen LogP contribution is -2.59. The average Bonchev–Trinajstić information content (AvgIpc) is 2.69. The van der Waals surface area contributed by atoms with Crippen LogP contribution in [-0.2, 0) is 17.8 Å². The summed E-state index contributed by atoms with van der Waals surface area (Å²) in [6.45, 7) is 5.62. The van der Waals surface area contributed by atoms with E-state index in [-0.39, 0.29) is 0 Å². The van der Waals surface area contributed by atoms with Crippen LogP contribution in [0.25, 0.3) is 0 Å². The number of pyridine rings is 2. The fourth-order valence-corrected chi connectivity index (χ4v) is 3.96. The predicted molar refractivity (Wildman–Crippen MR) is 98.9 cm³/mol. The molecule has 0 radical (unpaired) electrons. The second-order valence-corrected chi connectivity index (χ2v) is 7.00. The van der Waals surface area contributed by atoms with Crippen molar-refractivity contribution in [1.29, 1.82) is 0 Å². The van der Waals surface area contributed by atoms with Gasteiger partial charge in [-0.2, -0.15) is 0 Å². The molecule has 6 nitrogen and oxygen atoms in total. The van der Waals surface area contributed by atoms with Gasteiger partial charge in [-0.15, -0.1) is 0 Å². The topological polar surface area (TPSA) is 50.7 Å². The van der Waals surface area contributed by atoms with E-state index in [2.05, 4.69) is 31.9 Å². The predicted octanol–water partition coefficient (Wildman–Crippen LogP) is 1.96. The highest BCUT2D eigenvalue weighted by atomic mass is 16.5. The monoisotopic (exact) mass is 354 g/mol. The first kappa shape index (κ1) is 17.4. The van der Waals surface area contributed by atoms with Gasteiger partial charge in [-0.05, 0) is 24.1 Å². The third-order valence-electron chi connectivity index (χ3n) is 5.27. The minimum Gasteiger partial charge on any atom is -0.481 e. The van der Waals surface area contributed by atoms with Gasteiger partial charge in [-0.25, -0.2) is 4.98 Å². The summed E-state index contributed by atoms with van der Waals surface area (Å²) in [7, 11) is 1.66. The summed E-state index contributed by atoms with van der Waals surface area (Å²) in [5.74, 6) is 0.677. The molecule has 2 aromatic heterocycles. The Morgan fingerprint density at radius 3 is 3.00 bits per heavy atom. The lowest BCUT2D eigenvalue weighted by atomic mass is 9.98. The maximum Gasteiger partial charge on any atom is 0.213 e. The van der Waals surface area contributed by atoms with E-state index in [1.807, 2.05) is 30.6 Å². The van der Waals surface area contributed by atoms with Crippen molar-refractivity contribution in [2.75, 3.05) is 33.4 Å². The molecule has 4 rings (SSSR count). The van der Waals surface area contributed by atoms with Crippen LogP contribution < -0.4 is 4.74 Å². The Morgan fingerprint density at radius 1 is 1.19 bits per heavy atom. The summed E-state index contributed by atoms with van der Waals surface area (Å²) >= 11 is 0. The molecule has 0 N–H and O–H groups in total. The molecule has 26 heavy (non-hydrogen) atoms. The summed E-state index contributed by atoms with van der Waals surface area (Å²) in [5, 5.41) is 0. The van der Waals surface area contributed by atoms with Crippen molar-refractivity contribution in [3.05, 3.63) is 54.0 Å². The van der Waals surface area contributed by atoms with E-state index >= 15 is 0 Å². The normalized spacial score (nSPS) is 24.2. The number of fused-ring (bicyclic) bond motifs is 1. The molecule has 2 aromatic rings. The summed E-state index contributed by atoms with van der Waals surface area (Å²) in [4.78, 5) is 13.8. The Labute approximate surface area is 154 Å². The Morgan fingerprint density at radius 2 is 2.15 bits per heavy atom. The molecule has 2 saturated heterocycles. The zero-order valence-corrected chi connectivity index (χ0v) is 15.3. The van der Waals surface area contributed by atoms with Gasteiger partial charge in [0.05, 0.1) is 25.5 Å². The van der Waals surface area contributed by atoms with Crippen molar-refractivity contribution >= 4 is 0 Å². The zero-order chi connectivity index (χ0) is 17.8. The molecule has 138 valence electrons. The molecule has 0 aliphatic carbocycles. The van der Waals surface area contributed by atoms with Crippen molar-refractivity contribution in [3.8, 4) is 5.88 Å². The molecule has 0 saturated carbocycles. The van der Waals surface area contributed by atoms with Gasteiger partial charge >= 0.3 is 0 Å². The summed E-state index contributed by atoms with van der Waals surface area (Å²) < 4.78 is 11.3. The van der Waals surface area contributed by atoms with Crippen molar-refractivity contribution in [2.45, 2.75) is 31.7 Å². The van der Waals surface area contributed by atoms with Crippen LogP contribution in [0.2, 0.25) is 0 Å². The molecule has 0 unspecified atom stereocenters. The number of rotatable bonds is 5. The standard InChI is InChI=1S/C20H26N4O2/c1-25-20-6-2-5-17(22-20)14-23-9-7-19-18(15-23)24(10-11-26-19)13-16-4-3-8-21-12-16/h2-6,8,12,18-19H,7,9-11,13-15H2,1H3/t18-,19-/m0/s1. The Bertz CT molecular complexity index is 712. The van der Waals surface area contributed by atoms with Crippen LogP contribution in [-0.4, -0.2) is 65.3 Å². The largest absolute Gasteiger partial charge is 0.481 e. The molecule has 6 heteroatoms. The van der Waals surface area contributed by atoms with Gasteiger partial charge in [0.1, 0.15) is 0 Å². The van der Waals surface area contributed by atoms with E-state index < -0.39 is 0 Å². The lowest BCUT2D eigenvalue weighted by Gasteiger charge is -2.47. The van der Waals surface area contributed by atoms with Crippen LogP contribution in [0.15, 0.2) is 42.7 Å². The highest BCUT2D eigenvalue weighted by Crippen LogP contribution is 2.25. The number of likely N-dealkylation sites (tertiary alicyclic amines) is 1. The van der Waals surface area contributed by atoms with Gasteiger partial charge < -0.3 is 9.47 Å². The molecule has 2 aliphatic rings. The van der Waals surface area contributed by atoms with Crippen molar-refractivity contribution in [2.24, 2.45) is 0 Å². The van der Waals surface area contributed by atoms with Crippen molar-refractivity contribution < 1.29 is 9.47 Å². The van der Waals surface area contributed by atoms with Crippen LogP contribution in [0.1, 0.15) is 17.7 Å². The molecular formula is C20H26N4O2. The Hall–Kier alpha value is -2.02. The highest BCUT2D eigenvalue weighted by molar-refractivity contribution is 5.16. The number of morpholine rings is 1. The van der Waals surface area contributed by atoms with E-state index in [0.29, 0.717) is 18.0 Å². The molecule has 0 amide bonds. The van der Waals surface area contributed by atoms with Gasteiger partial charge in [0.25, 0.3) is 0 Å². The van der Waals surface area contributed by atoms with E-state index in [1.54, 1.807) is 7.11 Å². The van der Waals surface area contributed by atoms with E-state index in [1.165, 1.54) is 5.56 Å². The molecule has 2 atom stereocenters. The zero-order valence-electron chi connectivity index (χ0n) is 15.3. The molecule has 2 fully saturated rings. The number of ether oxygens (including phenoxy) is 2. The minimum atomic E-state index is 0.329. The number of aromatic nitrogens is 2. The van der Waals surface area contributed by atoms with Gasteiger partial charge in [0, 0.05) is 57.2 Å². The quantitative estimate of drug-likeness (QED) is 0.818. The summed E-state index contributed by atoms with van der Waals surface area (Å²) in [6.07, 6.45) is 5.19. The van der Waals surface area contributed by atoms with E-state index in [9.17, 15) is 0 Å². The second-order valence-electron chi connectivity index (χ2n) is 7.00. The van der Waals surface area contributed by atoms with Gasteiger partial charge in [-0.1, -0.05) is 12.1 Å². The fourth-order valence-electron chi connectivity index (χ4n) is 3.96. The molecule has 4 heterocycles. The molecule has 0 spiro atoms. The first-order valence-corrected chi connectivity index (χ1v) is 9.28. The van der Waals surface area contributed by atoms with Crippen LogP contribution in [0.3, 0.4) is 0 Å². The molecule has 2 aliphatic heterocycles. The SMILES string of the molecule is COc1cccc(CN2CC[C@@H]3OCCN(Cc4cccnc4)[C@H]3C2)n1. The first-order valence-electron chi connectivity index (χ1n) is 9.28. The highest BCUT2D eigenvalue weighted by Gasteiger charge is 2.37. The fraction of sp³-hybridized carbons (Fsp3) is 0.500. The smallest absolute Gasteiger partial charge is 0.213 e. The Kier molecular flexibility index (Phi) is 5.43. The summed E-state index contributed by atoms with van der Waals surface area (Å²) in [6, 6.07) is 10.5. The van der Waals surface area contributed by atoms with Crippen LogP contribution in [0.5, 0.6) is 5.88 Å². The average molecular weight is 354 g/mol. The van der Waals surface area contributed by atoms with Gasteiger partial charge in [-0.3, -0.25) is 14.8 Å².